The molecule has 76 valence electrons. The summed E-state index contributed by atoms with van der Waals surface area (Å²) >= 11 is 3.23. The van der Waals surface area contributed by atoms with E-state index in [1.54, 1.807) is 6.07 Å². The van der Waals surface area contributed by atoms with Crippen LogP contribution in [0.2, 0.25) is 0 Å². The van der Waals surface area contributed by atoms with E-state index in [1.165, 1.54) is 6.20 Å². The van der Waals surface area contributed by atoms with Gasteiger partial charge in [-0.15, -0.1) is 0 Å². The zero-order valence-corrected chi connectivity index (χ0v) is 9.28. The van der Waals surface area contributed by atoms with Crippen molar-refractivity contribution in [3.05, 3.63) is 28.0 Å². The molecule has 1 aliphatic carbocycles. The minimum Gasteiger partial charge on any atom is -0.477 e. The summed E-state index contributed by atoms with van der Waals surface area (Å²) in [6.07, 6.45) is 2.85. The molecule has 0 aliphatic heterocycles. The molecule has 15 heavy (non-hydrogen) atoms. The minimum absolute atomic E-state index is 0.0164. The number of hydrogen-bond acceptors (Lipinski definition) is 3. The average molecular weight is 267 g/mol. The van der Waals surface area contributed by atoms with Gasteiger partial charge in [-0.2, -0.15) is 5.26 Å². The lowest BCUT2D eigenvalue weighted by Crippen LogP contribution is -2.13. The number of pyridine rings is 1. The molecule has 0 spiro atoms. The lowest BCUT2D eigenvalue weighted by atomic mass is 9.96. The van der Waals surface area contributed by atoms with Crippen LogP contribution in [0, 0.1) is 11.3 Å². The van der Waals surface area contributed by atoms with Crippen molar-refractivity contribution in [2.75, 3.05) is 0 Å². The number of rotatable bonds is 2. The average Bonchev–Trinajstić information content (AvgIpc) is 2.97. The van der Waals surface area contributed by atoms with Crippen LogP contribution in [0.4, 0.5) is 0 Å². The Morgan fingerprint density at radius 1 is 1.67 bits per heavy atom. The summed E-state index contributed by atoms with van der Waals surface area (Å²) in [5, 5.41) is 18.0. The molecule has 2 rings (SSSR count). The molecule has 1 heterocycles. The normalized spacial score (nSPS) is 16.8. The van der Waals surface area contributed by atoms with Crippen molar-refractivity contribution in [3.8, 4) is 6.07 Å². The number of nitriles is 1. The van der Waals surface area contributed by atoms with Gasteiger partial charge in [0, 0.05) is 16.2 Å². The predicted octanol–water partition coefficient (Wildman–Crippen LogP) is 2.10. The van der Waals surface area contributed by atoms with Crippen LogP contribution in [0.3, 0.4) is 0 Å². The third kappa shape index (κ3) is 1.61. The summed E-state index contributed by atoms with van der Waals surface area (Å²) in [7, 11) is 0. The highest BCUT2D eigenvalue weighted by Gasteiger charge is 2.47. The SMILES string of the molecule is N#CC1(c2cc(Br)cnc2C(=O)O)CC1. The van der Waals surface area contributed by atoms with Crippen LogP contribution in [0.25, 0.3) is 0 Å². The third-order valence-electron chi connectivity index (χ3n) is 2.54. The zero-order chi connectivity index (χ0) is 11.1. The fraction of sp³-hybridized carbons (Fsp3) is 0.300. The van der Waals surface area contributed by atoms with Crippen molar-refractivity contribution in [1.29, 1.82) is 5.26 Å². The second kappa shape index (κ2) is 3.31. The Labute approximate surface area is 94.7 Å². The molecule has 0 unspecified atom stereocenters. The Bertz CT molecular complexity index is 475. The van der Waals surface area contributed by atoms with E-state index in [1.807, 2.05) is 0 Å². The van der Waals surface area contributed by atoms with E-state index in [0.29, 0.717) is 22.9 Å². The molecule has 1 N–H and O–H groups in total. The fourth-order valence-electron chi connectivity index (χ4n) is 1.54. The highest BCUT2D eigenvalue weighted by molar-refractivity contribution is 9.10. The Hall–Kier alpha value is -1.41. The number of carboxylic acids is 1. The van der Waals surface area contributed by atoms with Gasteiger partial charge in [0.15, 0.2) is 5.69 Å². The van der Waals surface area contributed by atoms with E-state index in [9.17, 15) is 4.79 Å². The topological polar surface area (TPSA) is 74.0 Å². The largest absolute Gasteiger partial charge is 0.477 e. The van der Waals surface area contributed by atoms with Gasteiger partial charge in [0.25, 0.3) is 0 Å². The second-order valence-electron chi connectivity index (χ2n) is 3.55. The summed E-state index contributed by atoms with van der Waals surface area (Å²) < 4.78 is 0.698. The number of nitrogens with zero attached hydrogens (tertiary/aromatic N) is 2. The van der Waals surface area contributed by atoms with Gasteiger partial charge < -0.3 is 5.11 Å². The van der Waals surface area contributed by atoms with Gasteiger partial charge in [0.2, 0.25) is 0 Å². The van der Waals surface area contributed by atoms with Crippen LogP contribution >= 0.6 is 15.9 Å². The molecule has 4 nitrogen and oxygen atoms in total. The number of aromatic nitrogens is 1. The number of carboxylic acid groups (broad SMARTS) is 1. The highest BCUT2D eigenvalue weighted by Crippen LogP contribution is 2.48. The molecular formula is C10H7BrN2O2. The molecule has 0 bridgehead atoms. The monoisotopic (exact) mass is 266 g/mol. The summed E-state index contributed by atoms with van der Waals surface area (Å²) in [5.41, 5.74) is -0.117. The predicted molar refractivity (Wildman–Crippen MR) is 55.4 cm³/mol. The van der Waals surface area contributed by atoms with Crippen molar-refractivity contribution < 1.29 is 9.90 Å². The Morgan fingerprint density at radius 2 is 2.33 bits per heavy atom. The maximum atomic E-state index is 10.9. The maximum absolute atomic E-state index is 10.9. The summed E-state index contributed by atoms with van der Waals surface area (Å²) in [4.78, 5) is 14.8. The third-order valence-corrected chi connectivity index (χ3v) is 2.97. The molecule has 5 heteroatoms. The minimum atomic E-state index is -1.08. The highest BCUT2D eigenvalue weighted by atomic mass is 79.9. The standard InChI is InChI=1S/C10H7BrN2O2/c11-6-3-7(10(5-12)1-2-10)8(9(14)15)13-4-6/h3-4H,1-2H2,(H,14,15). The molecule has 0 saturated heterocycles. The molecule has 0 amide bonds. The van der Waals surface area contributed by atoms with Gasteiger partial charge in [0.05, 0.1) is 11.5 Å². The van der Waals surface area contributed by atoms with E-state index in [-0.39, 0.29) is 5.69 Å². The van der Waals surface area contributed by atoms with Gasteiger partial charge in [-0.1, -0.05) is 0 Å². The van der Waals surface area contributed by atoms with E-state index >= 15 is 0 Å². The number of aromatic carboxylic acids is 1. The zero-order valence-electron chi connectivity index (χ0n) is 7.70. The van der Waals surface area contributed by atoms with Crippen LogP contribution in [-0.2, 0) is 5.41 Å². The van der Waals surface area contributed by atoms with E-state index in [0.717, 1.165) is 0 Å². The van der Waals surface area contributed by atoms with E-state index < -0.39 is 11.4 Å². The lowest BCUT2D eigenvalue weighted by Gasteiger charge is -2.09. The van der Waals surface area contributed by atoms with Gasteiger partial charge in [0.1, 0.15) is 0 Å². The molecule has 1 fully saturated rings. The van der Waals surface area contributed by atoms with Crippen LogP contribution < -0.4 is 0 Å². The number of carbonyl (C=O) groups is 1. The van der Waals surface area contributed by atoms with Crippen LogP contribution in [-0.4, -0.2) is 16.1 Å². The Morgan fingerprint density at radius 3 is 2.80 bits per heavy atom. The van der Waals surface area contributed by atoms with Crippen molar-refractivity contribution >= 4 is 21.9 Å². The van der Waals surface area contributed by atoms with Gasteiger partial charge >= 0.3 is 5.97 Å². The molecule has 0 atom stereocenters. The number of hydrogen-bond donors (Lipinski definition) is 1. The van der Waals surface area contributed by atoms with Crippen molar-refractivity contribution in [2.45, 2.75) is 18.3 Å². The second-order valence-corrected chi connectivity index (χ2v) is 4.46. The molecule has 1 aromatic heterocycles. The smallest absolute Gasteiger partial charge is 0.354 e. The van der Waals surface area contributed by atoms with Crippen LogP contribution in [0.15, 0.2) is 16.7 Å². The number of halogens is 1. The Balaban J connectivity index is 2.59. The van der Waals surface area contributed by atoms with E-state index in [2.05, 4.69) is 27.0 Å². The molecule has 0 radical (unpaired) electrons. The molecule has 1 aromatic rings. The lowest BCUT2D eigenvalue weighted by molar-refractivity contribution is 0.0688. The molecule has 0 aromatic carbocycles. The van der Waals surface area contributed by atoms with Gasteiger partial charge in [-0.3, -0.25) is 0 Å². The maximum Gasteiger partial charge on any atom is 0.354 e. The first-order valence-electron chi connectivity index (χ1n) is 4.40. The molecular weight excluding hydrogens is 260 g/mol. The Kier molecular flexibility index (Phi) is 2.24. The van der Waals surface area contributed by atoms with Crippen molar-refractivity contribution in [1.82, 2.24) is 4.98 Å². The van der Waals surface area contributed by atoms with E-state index in [4.69, 9.17) is 10.4 Å². The van der Waals surface area contributed by atoms with Crippen LogP contribution in [0.5, 0.6) is 0 Å². The first-order chi connectivity index (χ1) is 7.09. The molecule has 1 aliphatic rings. The first-order valence-corrected chi connectivity index (χ1v) is 5.19. The quantitative estimate of drug-likeness (QED) is 0.890. The first kappa shape index (κ1) is 10.1. The van der Waals surface area contributed by atoms with Crippen molar-refractivity contribution in [3.63, 3.8) is 0 Å². The fourth-order valence-corrected chi connectivity index (χ4v) is 1.87. The summed E-state index contributed by atoms with van der Waals surface area (Å²) in [6.45, 7) is 0. The van der Waals surface area contributed by atoms with Gasteiger partial charge in [-0.05, 0) is 34.8 Å². The summed E-state index contributed by atoms with van der Waals surface area (Å²) in [6, 6.07) is 3.84. The van der Waals surface area contributed by atoms with Crippen LogP contribution in [0.1, 0.15) is 28.9 Å². The van der Waals surface area contributed by atoms with Crippen molar-refractivity contribution in [2.24, 2.45) is 0 Å². The van der Waals surface area contributed by atoms with Gasteiger partial charge in [-0.25, -0.2) is 9.78 Å². The molecule has 1 saturated carbocycles. The summed E-state index contributed by atoms with van der Waals surface area (Å²) in [5.74, 6) is -1.08.